The van der Waals surface area contributed by atoms with E-state index >= 15 is 0 Å². The zero-order valence-electron chi connectivity index (χ0n) is 14.2. The van der Waals surface area contributed by atoms with Crippen molar-refractivity contribution in [3.63, 3.8) is 0 Å². The molecule has 1 heterocycles. The third-order valence-electron chi connectivity index (χ3n) is 3.57. The molecule has 2 rings (SSSR count). The Hall–Kier alpha value is -2.05. The highest BCUT2D eigenvalue weighted by Crippen LogP contribution is 2.28. The topological polar surface area (TPSA) is 91.6 Å². The second-order valence-electron chi connectivity index (χ2n) is 6.06. The van der Waals surface area contributed by atoms with E-state index in [9.17, 15) is 4.79 Å². The number of aliphatic imine (C=N–C) groups is 1. The Labute approximate surface area is 137 Å². The second kappa shape index (κ2) is 8.55. The van der Waals surface area contributed by atoms with Gasteiger partial charge in [-0.05, 0) is 25.7 Å². The van der Waals surface area contributed by atoms with Crippen molar-refractivity contribution in [2.75, 3.05) is 19.6 Å². The molecular weight excluding hydrogens is 294 g/mol. The van der Waals surface area contributed by atoms with E-state index in [1.54, 1.807) is 0 Å². The molecule has 7 nitrogen and oxygen atoms in total. The van der Waals surface area contributed by atoms with Crippen LogP contribution in [0.15, 0.2) is 15.6 Å². The second-order valence-corrected chi connectivity index (χ2v) is 6.06. The van der Waals surface area contributed by atoms with Crippen molar-refractivity contribution in [1.29, 1.82) is 0 Å². The number of hydrogen-bond acceptors (Lipinski definition) is 4. The number of hydrogen-bond donors (Lipinski definition) is 3. The molecule has 0 saturated heterocycles. The van der Waals surface area contributed by atoms with Crippen molar-refractivity contribution in [3.8, 4) is 0 Å². The molecule has 1 amide bonds. The number of amides is 1. The number of rotatable bonds is 8. The molecule has 1 aromatic rings. The van der Waals surface area contributed by atoms with Crippen LogP contribution in [0.3, 0.4) is 0 Å². The maximum atomic E-state index is 11.5. The minimum atomic E-state index is 0.164. The van der Waals surface area contributed by atoms with E-state index in [1.807, 2.05) is 13.0 Å². The lowest BCUT2D eigenvalue weighted by molar-refractivity contribution is -0.122. The molecule has 0 atom stereocenters. The number of aromatic nitrogens is 1. The summed E-state index contributed by atoms with van der Waals surface area (Å²) in [6, 6.07) is 1.94. The predicted molar refractivity (Wildman–Crippen MR) is 89.1 cm³/mol. The van der Waals surface area contributed by atoms with Gasteiger partial charge in [0.25, 0.3) is 0 Å². The summed E-state index contributed by atoms with van der Waals surface area (Å²) in [5.74, 6) is 2.21. The van der Waals surface area contributed by atoms with Gasteiger partial charge in [-0.1, -0.05) is 19.0 Å². The maximum absolute atomic E-state index is 11.5. The Bertz CT molecular complexity index is 534. The van der Waals surface area contributed by atoms with Crippen LogP contribution >= 0.6 is 0 Å². The Morgan fingerprint density at radius 1 is 1.35 bits per heavy atom. The van der Waals surface area contributed by atoms with Gasteiger partial charge in [0.2, 0.25) is 5.91 Å². The molecule has 23 heavy (non-hydrogen) atoms. The third-order valence-corrected chi connectivity index (χ3v) is 3.57. The molecule has 1 fully saturated rings. The Kier molecular flexibility index (Phi) is 6.43. The van der Waals surface area contributed by atoms with Crippen molar-refractivity contribution < 1.29 is 9.32 Å². The van der Waals surface area contributed by atoms with Crippen LogP contribution in [0.2, 0.25) is 0 Å². The summed E-state index contributed by atoms with van der Waals surface area (Å²) in [6.07, 6.45) is 2.05. The van der Waals surface area contributed by atoms with Crippen molar-refractivity contribution in [2.24, 2.45) is 10.9 Å². The Balaban J connectivity index is 1.75. The fourth-order valence-electron chi connectivity index (χ4n) is 2.03. The van der Waals surface area contributed by atoms with E-state index in [1.165, 1.54) is 0 Å². The minimum Gasteiger partial charge on any atom is -0.359 e. The zero-order chi connectivity index (χ0) is 16.7. The first-order valence-electron chi connectivity index (χ1n) is 8.35. The minimum absolute atomic E-state index is 0.164. The monoisotopic (exact) mass is 321 g/mol. The van der Waals surface area contributed by atoms with Crippen LogP contribution in [0, 0.1) is 5.92 Å². The fraction of sp³-hybridized carbons (Fsp3) is 0.688. The van der Waals surface area contributed by atoms with Crippen molar-refractivity contribution in [2.45, 2.75) is 46.1 Å². The molecule has 1 aliphatic carbocycles. The van der Waals surface area contributed by atoms with Crippen LogP contribution in [0.25, 0.3) is 0 Å². The Morgan fingerprint density at radius 2 is 2.09 bits per heavy atom. The van der Waals surface area contributed by atoms with Gasteiger partial charge >= 0.3 is 0 Å². The van der Waals surface area contributed by atoms with Gasteiger partial charge in [0.1, 0.15) is 6.54 Å². The van der Waals surface area contributed by atoms with Crippen molar-refractivity contribution in [1.82, 2.24) is 21.1 Å². The zero-order valence-corrected chi connectivity index (χ0v) is 14.2. The summed E-state index contributed by atoms with van der Waals surface area (Å²) in [7, 11) is 0. The molecule has 0 aliphatic heterocycles. The summed E-state index contributed by atoms with van der Waals surface area (Å²) in [5, 5.41) is 13.3. The third kappa shape index (κ3) is 5.92. The van der Waals surface area contributed by atoms with E-state index < -0.39 is 0 Å². The van der Waals surface area contributed by atoms with Crippen LogP contribution in [-0.4, -0.2) is 36.7 Å². The van der Waals surface area contributed by atoms with E-state index in [0.29, 0.717) is 31.5 Å². The average molecular weight is 321 g/mol. The first kappa shape index (κ1) is 17.3. The van der Waals surface area contributed by atoms with Gasteiger partial charge in [0.15, 0.2) is 11.7 Å². The summed E-state index contributed by atoms with van der Waals surface area (Å²) in [6.45, 7) is 8.60. The summed E-state index contributed by atoms with van der Waals surface area (Å²) in [4.78, 5) is 16.0. The van der Waals surface area contributed by atoms with E-state index in [-0.39, 0.29) is 11.8 Å². The number of carbonyl (C=O) groups excluding carboxylic acids is 1. The van der Waals surface area contributed by atoms with Crippen LogP contribution in [0.5, 0.6) is 0 Å². The average Bonchev–Trinajstić information content (AvgIpc) is 3.27. The highest BCUT2D eigenvalue weighted by molar-refractivity contribution is 5.81. The molecular formula is C16H27N5O2. The lowest BCUT2D eigenvalue weighted by Crippen LogP contribution is -2.41. The van der Waals surface area contributed by atoms with Gasteiger partial charge in [-0.3, -0.25) is 4.79 Å². The molecule has 3 N–H and O–H groups in total. The number of carbonyl (C=O) groups is 1. The SMILES string of the molecule is CCNC(=NCc1cc(C(C)C)no1)NCCNC(=O)C1CC1. The van der Waals surface area contributed by atoms with E-state index in [4.69, 9.17) is 4.52 Å². The van der Waals surface area contributed by atoms with Crippen LogP contribution in [0.4, 0.5) is 0 Å². The lowest BCUT2D eigenvalue weighted by Gasteiger charge is -2.11. The van der Waals surface area contributed by atoms with E-state index in [2.05, 4.69) is 39.9 Å². The van der Waals surface area contributed by atoms with Crippen LogP contribution < -0.4 is 16.0 Å². The smallest absolute Gasteiger partial charge is 0.223 e. The quantitative estimate of drug-likeness (QED) is 0.382. The first-order chi connectivity index (χ1) is 11.1. The standard InChI is InChI=1S/C16H27N5O2/c1-4-17-16(19-8-7-18-15(22)12-5-6-12)20-10-13-9-14(11(2)3)21-23-13/h9,11-12H,4-8,10H2,1-3H3,(H,18,22)(H2,17,19,20). The van der Waals surface area contributed by atoms with Gasteiger partial charge in [-0.25, -0.2) is 4.99 Å². The predicted octanol–water partition coefficient (Wildman–Crippen LogP) is 1.38. The van der Waals surface area contributed by atoms with Crippen LogP contribution in [0.1, 0.15) is 51.0 Å². The van der Waals surface area contributed by atoms with Crippen molar-refractivity contribution in [3.05, 3.63) is 17.5 Å². The largest absolute Gasteiger partial charge is 0.359 e. The Morgan fingerprint density at radius 3 is 2.70 bits per heavy atom. The summed E-state index contributed by atoms with van der Waals surface area (Å²) in [5.41, 5.74) is 0.941. The molecule has 0 spiro atoms. The van der Waals surface area contributed by atoms with Gasteiger partial charge in [0.05, 0.1) is 5.69 Å². The molecule has 7 heteroatoms. The number of guanidine groups is 1. The molecule has 1 aromatic heterocycles. The van der Waals surface area contributed by atoms with Gasteiger partial charge in [0, 0.05) is 31.6 Å². The first-order valence-corrected chi connectivity index (χ1v) is 8.35. The van der Waals surface area contributed by atoms with E-state index in [0.717, 1.165) is 30.8 Å². The van der Waals surface area contributed by atoms with Gasteiger partial charge in [-0.15, -0.1) is 0 Å². The lowest BCUT2D eigenvalue weighted by atomic mass is 10.1. The van der Waals surface area contributed by atoms with Gasteiger partial charge in [-0.2, -0.15) is 0 Å². The molecule has 0 bridgehead atoms. The van der Waals surface area contributed by atoms with Gasteiger partial charge < -0.3 is 20.5 Å². The maximum Gasteiger partial charge on any atom is 0.223 e. The molecule has 1 aliphatic rings. The molecule has 128 valence electrons. The summed E-state index contributed by atoms with van der Waals surface area (Å²) < 4.78 is 5.28. The highest BCUT2D eigenvalue weighted by atomic mass is 16.5. The van der Waals surface area contributed by atoms with Crippen LogP contribution in [-0.2, 0) is 11.3 Å². The number of nitrogens with one attached hydrogen (secondary N) is 3. The number of nitrogens with zero attached hydrogens (tertiary/aromatic N) is 2. The molecule has 0 unspecified atom stereocenters. The van der Waals surface area contributed by atoms with Crippen molar-refractivity contribution >= 4 is 11.9 Å². The normalized spacial score (nSPS) is 14.9. The highest BCUT2D eigenvalue weighted by Gasteiger charge is 2.28. The molecule has 0 aromatic carbocycles. The molecule has 0 radical (unpaired) electrons. The molecule has 1 saturated carbocycles. The fourth-order valence-corrected chi connectivity index (χ4v) is 2.03. The summed E-state index contributed by atoms with van der Waals surface area (Å²) >= 11 is 0.